The predicted molar refractivity (Wildman–Crippen MR) is 71.0 cm³/mol. The third kappa shape index (κ3) is 1.41. The molecule has 0 unspecified atom stereocenters. The molecular weight excluding hydrogens is 224 g/mol. The van der Waals surface area contributed by atoms with Gasteiger partial charge in [-0.1, -0.05) is 0 Å². The van der Waals surface area contributed by atoms with Gasteiger partial charge in [-0.2, -0.15) is 0 Å². The van der Waals surface area contributed by atoms with Crippen LogP contribution in [0.15, 0.2) is 22.0 Å². The normalized spacial score (nSPS) is 20.0. The number of hydrogen-bond acceptors (Lipinski definition) is 4. The maximum absolute atomic E-state index is 4.76. The molecule has 4 heterocycles. The van der Waals surface area contributed by atoms with E-state index in [1.807, 2.05) is 18.5 Å². The summed E-state index contributed by atoms with van der Waals surface area (Å²) >= 11 is 0. The van der Waals surface area contributed by atoms with Crippen molar-refractivity contribution in [2.24, 2.45) is 9.98 Å². The van der Waals surface area contributed by atoms with Gasteiger partial charge in [-0.25, -0.2) is 4.99 Å². The number of fused-ring (bicyclic) bond motifs is 3. The van der Waals surface area contributed by atoms with Crippen LogP contribution < -0.4 is 10.6 Å². The highest BCUT2D eigenvalue weighted by molar-refractivity contribution is 5.96. The molecule has 0 radical (unpaired) electrons. The monoisotopic (exact) mass is 238 g/mol. The first-order valence-corrected chi connectivity index (χ1v) is 6.50. The smallest absolute Gasteiger partial charge is 0.131 e. The van der Waals surface area contributed by atoms with Crippen LogP contribution in [0.5, 0.6) is 0 Å². The van der Waals surface area contributed by atoms with Crippen molar-refractivity contribution < 1.29 is 0 Å². The van der Waals surface area contributed by atoms with Crippen molar-refractivity contribution in [2.45, 2.75) is 19.3 Å². The van der Waals surface area contributed by atoms with E-state index >= 15 is 0 Å². The molecule has 0 saturated carbocycles. The number of pyridine rings is 1. The quantitative estimate of drug-likeness (QED) is 0.732. The summed E-state index contributed by atoms with van der Waals surface area (Å²) in [5.74, 6) is 1.07. The van der Waals surface area contributed by atoms with Crippen LogP contribution in [0.1, 0.15) is 25.0 Å². The van der Waals surface area contributed by atoms with Gasteiger partial charge in [-0.05, 0) is 25.3 Å². The lowest BCUT2D eigenvalue weighted by atomic mass is 10.1. The Morgan fingerprint density at radius 3 is 2.89 bits per heavy atom. The van der Waals surface area contributed by atoms with Crippen LogP contribution in [-0.4, -0.2) is 29.2 Å². The van der Waals surface area contributed by atoms with Crippen LogP contribution in [0.2, 0.25) is 0 Å². The Labute approximate surface area is 105 Å². The van der Waals surface area contributed by atoms with Crippen LogP contribution in [-0.2, 0) is 0 Å². The molecule has 0 spiro atoms. The molecule has 0 amide bonds. The first-order chi connectivity index (χ1) is 8.92. The summed E-state index contributed by atoms with van der Waals surface area (Å²) in [5, 5.41) is 2.11. The van der Waals surface area contributed by atoms with Crippen molar-refractivity contribution in [3.63, 3.8) is 0 Å². The van der Waals surface area contributed by atoms with Crippen molar-refractivity contribution in [1.29, 1.82) is 0 Å². The third-order valence-electron chi connectivity index (χ3n) is 3.73. The minimum atomic E-state index is 0.936. The molecule has 3 aliphatic heterocycles. The average molecular weight is 238 g/mol. The van der Waals surface area contributed by atoms with E-state index < -0.39 is 0 Å². The van der Waals surface area contributed by atoms with Crippen molar-refractivity contribution in [3.8, 4) is 0 Å². The summed E-state index contributed by atoms with van der Waals surface area (Å²) < 4.78 is 0. The summed E-state index contributed by atoms with van der Waals surface area (Å²) in [6.07, 6.45) is 11.7. The summed E-state index contributed by atoms with van der Waals surface area (Å²) in [6, 6.07) is 0. The van der Waals surface area contributed by atoms with Crippen LogP contribution >= 0.6 is 0 Å². The van der Waals surface area contributed by atoms with E-state index in [0.717, 1.165) is 40.9 Å². The van der Waals surface area contributed by atoms with Gasteiger partial charge in [-0.3, -0.25) is 9.98 Å². The Kier molecular flexibility index (Phi) is 2.09. The second-order valence-electron chi connectivity index (χ2n) is 4.90. The van der Waals surface area contributed by atoms with Gasteiger partial charge < -0.3 is 4.90 Å². The highest BCUT2D eigenvalue weighted by atomic mass is 15.2. The van der Waals surface area contributed by atoms with Crippen LogP contribution in [0.4, 0.5) is 5.69 Å². The lowest BCUT2D eigenvalue weighted by molar-refractivity contribution is 0.285. The van der Waals surface area contributed by atoms with Crippen molar-refractivity contribution in [2.75, 3.05) is 13.1 Å². The molecule has 0 bridgehead atoms. The Hall–Kier alpha value is -1.97. The zero-order valence-corrected chi connectivity index (χ0v) is 10.1. The minimum Gasteiger partial charge on any atom is -0.357 e. The van der Waals surface area contributed by atoms with E-state index in [1.54, 1.807) is 0 Å². The van der Waals surface area contributed by atoms with E-state index in [1.165, 1.54) is 19.3 Å². The van der Waals surface area contributed by atoms with Gasteiger partial charge in [0.25, 0.3) is 0 Å². The molecule has 4 nitrogen and oxygen atoms in total. The molecule has 0 atom stereocenters. The molecule has 18 heavy (non-hydrogen) atoms. The predicted octanol–water partition coefficient (Wildman–Crippen LogP) is 0.995. The topological polar surface area (TPSA) is 40.9 Å². The summed E-state index contributed by atoms with van der Waals surface area (Å²) in [6.45, 7) is 2.23. The molecular formula is C14H14N4. The highest BCUT2D eigenvalue weighted by Crippen LogP contribution is 2.19. The lowest BCUT2D eigenvalue weighted by Gasteiger charge is -2.27. The molecule has 0 N–H and O–H groups in total. The lowest BCUT2D eigenvalue weighted by Crippen LogP contribution is -2.29. The first-order valence-electron chi connectivity index (χ1n) is 6.50. The fraction of sp³-hybridized carbons (Fsp3) is 0.357. The zero-order valence-electron chi connectivity index (χ0n) is 10.1. The standard InChI is InChI=1S/C14H14N4/c1-2-6-18(7-3-1)13-8-11-14(17-13)10-4-5-15-12(10)9-16-11/h4-5,8-9H,1-3,6-7H2. The molecule has 90 valence electrons. The van der Waals surface area contributed by atoms with Gasteiger partial charge in [0.1, 0.15) is 11.2 Å². The molecule has 3 aliphatic rings. The molecule has 4 heteroatoms. The molecule has 0 aliphatic carbocycles. The van der Waals surface area contributed by atoms with Crippen molar-refractivity contribution in [1.82, 2.24) is 9.88 Å². The van der Waals surface area contributed by atoms with Crippen molar-refractivity contribution in [3.05, 3.63) is 28.3 Å². The molecule has 1 saturated heterocycles. The minimum absolute atomic E-state index is 0.936. The summed E-state index contributed by atoms with van der Waals surface area (Å²) in [4.78, 5) is 15.8. The van der Waals surface area contributed by atoms with Gasteiger partial charge in [0.15, 0.2) is 0 Å². The fourth-order valence-electron chi connectivity index (χ4n) is 2.76. The number of rotatable bonds is 1. The largest absolute Gasteiger partial charge is 0.357 e. The average Bonchev–Trinajstić information content (AvgIpc) is 3.05. The second-order valence-corrected chi connectivity index (χ2v) is 4.90. The number of aromatic nitrogens is 1. The second kappa shape index (κ2) is 3.77. The summed E-state index contributed by atoms with van der Waals surface area (Å²) in [5.41, 5.74) is 1.92. The van der Waals surface area contributed by atoms with Crippen LogP contribution in [0, 0.1) is 0 Å². The molecule has 1 fully saturated rings. The van der Waals surface area contributed by atoms with Gasteiger partial charge in [-0.15, -0.1) is 0 Å². The Balaban J connectivity index is 1.79. The van der Waals surface area contributed by atoms with E-state index in [-0.39, 0.29) is 0 Å². The number of hydrogen-bond donors (Lipinski definition) is 0. The van der Waals surface area contributed by atoms with Gasteiger partial charge >= 0.3 is 0 Å². The number of aliphatic imine (C=N–C) groups is 1. The van der Waals surface area contributed by atoms with Crippen LogP contribution in [0.3, 0.4) is 0 Å². The SMILES string of the molecule is C1=Nc2cnc3c(c2=C1)=NC(N1CCCCC1)=C3. The Morgan fingerprint density at radius 1 is 1.11 bits per heavy atom. The highest BCUT2D eigenvalue weighted by Gasteiger charge is 2.18. The molecule has 1 aromatic heterocycles. The first kappa shape index (κ1) is 10.00. The number of piperidine rings is 1. The number of nitrogens with zero attached hydrogens (tertiary/aromatic N) is 4. The van der Waals surface area contributed by atoms with E-state index in [0.29, 0.717) is 0 Å². The molecule has 1 aromatic rings. The van der Waals surface area contributed by atoms with Crippen LogP contribution in [0.25, 0.3) is 12.2 Å². The fourth-order valence-corrected chi connectivity index (χ4v) is 2.76. The maximum atomic E-state index is 4.76. The van der Waals surface area contributed by atoms with E-state index in [4.69, 9.17) is 4.99 Å². The third-order valence-corrected chi connectivity index (χ3v) is 3.73. The van der Waals surface area contributed by atoms with Gasteiger partial charge in [0.05, 0.1) is 17.6 Å². The molecule has 4 rings (SSSR count). The van der Waals surface area contributed by atoms with Gasteiger partial charge in [0, 0.05) is 30.6 Å². The molecule has 0 aromatic carbocycles. The maximum Gasteiger partial charge on any atom is 0.131 e. The Bertz CT molecular complexity index is 678. The summed E-state index contributed by atoms with van der Waals surface area (Å²) in [7, 11) is 0. The van der Waals surface area contributed by atoms with E-state index in [9.17, 15) is 0 Å². The van der Waals surface area contributed by atoms with E-state index in [2.05, 4.69) is 21.0 Å². The Morgan fingerprint density at radius 2 is 2.00 bits per heavy atom. The number of likely N-dealkylation sites (tertiary alicyclic amines) is 1. The van der Waals surface area contributed by atoms with Gasteiger partial charge in [0.2, 0.25) is 0 Å². The zero-order chi connectivity index (χ0) is 11.9. The van der Waals surface area contributed by atoms with Crippen molar-refractivity contribution >= 4 is 24.1 Å².